The summed E-state index contributed by atoms with van der Waals surface area (Å²) >= 11 is 1.42. The molecule has 1 amide bonds. The Morgan fingerprint density at radius 2 is 2.04 bits per heavy atom. The van der Waals surface area contributed by atoms with Crippen molar-refractivity contribution in [3.8, 4) is 0 Å². The van der Waals surface area contributed by atoms with E-state index in [0.717, 1.165) is 29.7 Å². The zero-order valence-electron chi connectivity index (χ0n) is 15.6. The zero-order chi connectivity index (χ0) is 20.3. The van der Waals surface area contributed by atoms with Crippen LogP contribution in [-0.4, -0.2) is 23.9 Å². The number of carbonyl (C=O) groups excluding carboxylic acids is 2. The van der Waals surface area contributed by atoms with Crippen LogP contribution in [0.2, 0.25) is 0 Å². The monoisotopic (exact) mass is 400 g/mol. The minimum absolute atomic E-state index is 0.0114. The van der Waals surface area contributed by atoms with Gasteiger partial charge in [-0.2, -0.15) is 0 Å². The van der Waals surface area contributed by atoms with Crippen LogP contribution in [0.1, 0.15) is 39.7 Å². The molecule has 1 atom stereocenters. The van der Waals surface area contributed by atoms with E-state index < -0.39 is 10.9 Å². The zero-order valence-corrected chi connectivity index (χ0v) is 16.4. The maximum atomic E-state index is 12.3. The Hall–Kier alpha value is -3.00. The number of nitrogens with zero attached hydrogens (tertiary/aromatic N) is 1. The smallest absolute Gasteiger partial charge is 0.341 e. The molecule has 1 aromatic heterocycles. The second-order valence-electron chi connectivity index (χ2n) is 6.72. The van der Waals surface area contributed by atoms with Gasteiger partial charge >= 0.3 is 5.97 Å². The van der Waals surface area contributed by atoms with E-state index in [1.165, 1.54) is 36.7 Å². The highest BCUT2D eigenvalue weighted by Crippen LogP contribution is 2.40. The van der Waals surface area contributed by atoms with Crippen LogP contribution in [0.3, 0.4) is 0 Å². The standard InChI is InChI=1S/C20H20N2O5S/c1-12-3-9-15-16(11-12)28-19(18(15)20(24)27-2)21-17(23)10-6-13-4-7-14(8-5-13)22(25)26/h4-8,10,12H,3,9,11H2,1-2H3,(H,21,23)/b10-6+. The molecule has 0 fully saturated rings. The van der Waals surface area contributed by atoms with Gasteiger partial charge in [0.2, 0.25) is 5.91 Å². The lowest BCUT2D eigenvalue weighted by atomic mass is 9.88. The van der Waals surface area contributed by atoms with E-state index >= 15 is 0 Å². The van der Waals surface area contributed by atoms with Gasteiger partial charge in [0.1, 0.15) is 5.00 Å². The normalized spacial score (nSPS) is 15.9. The van der Waals surface area contributed by atoms with E-state index in [-0.39, 0.29) is 11.6 Å². The highest BCUT2D eigenvalue weighted by atomic mass is 32.1. The van der Waals surface area contributed by atoms with E-state index in [9.17, 15) is 19.7 Å². The van der Waals surface area contributed by atoms with Crippen molar-refractivity contribution in [2.75, 3.05) is 12.4 Å². The summed E-state index contributed by atoms with van der Waals surface area (Å²) in [6.07, 6.45) is 5.58. The highest BCUT2D eigenvalue weighted by molar-refractivity contribution is 7.17. The number of fused-ring (bicyclic) bond motifs is 1. The Labute approximate surface area is 166 Å². The summed E-state index contributed by atoms with van der Waals surface area (Å²) in [6, 6.07) is 5.88. The van der Waals surface area contributed by atoms with Gasteiger partial charge in [-0.05, 0) is 54.5 Å². The Bertz CT molecular complexity index is 946. The number of rotatable bonds is 5. The molecule has 0 saturated carbocycles. The molecule has 7 nitrogen and oxygen atoms in total. The number of hydrogen-bond donors (Lipinski definition) is 1. The van der Waals surface area contributed by atoms with Crippen molar-refractivity contribution in [3.05, 3.63) is 62.0 Å². The van der Waals surface area contributed by atoms with Crippen LogP contribution in [0.5, 0.6) is 0 Å². The Kier molecular flexibility index (Phi) is 5.89. The largest absolute Gasteiger partial charge is 0.465 e. The summed E-state index contributed by atoms with van der Waals surface area (Å²) in [7, 11) is 1.33. The van der Waals surface area contributed by atoms with Crippen LogP contribution in [0.15, 0.2) is 30.3 Å². The van der Waals surface area contributed by atoms with Crippen molar-refractivity contribution >= 4 is 40.0 Å². The number of ether oxygens (including phenoxy) is 1. The predicted octanol–water partition coefficient (Wildman–Crippen LogP) is 4.22. The summed E-state index contributed by atoms with van der Waals surface area (Å²) in [5, 5.41) is 14.0. The minimum atomic E-state index is -0.478. The van der Waals surface area contributed by atoms with Gasteiger partial charge < -0.3 is 10.1 Å². The number of methoxy groups -OCH3 is 1. The molecule has 1 N–H and O–H groups in total. The molecule has 1 heterocycles. The molecule has 0 bridgehead atoms. The first-order chi connectivity index (χ1) is 13.4. The van der Waals surface area contributed by atoms with Crippen LogP contribution in [0, 0.1) is 16.0 Å². The molecule has 1 unspecified atom stereocenters. The van der Waals surface area contributed by atoms with Crippen molar-refractivity contribution in [1.82, 2.24) is 0 Å². The van der Waals surface area contributed by atoms with E-state index in [2.05, 4.69) is 12.2 Å². The van der Waals surface area contributed by atoms with E-state index in [0.29, 0.717) is 22.0 Å². The molecule has 2 aromatic rings. The van der Waals surface area contributed by atoms with Crippen molar-refractivity contribution in [3.63, 3.8) is 0 Å². The maximum absolute atomic E-state index is 12.3. The number of non-ortho nitro benzene ring substituents is 1. The van der Waals surface area contributed by atoms with Crippen molar-refractivity contribution < 1.29 is 19.2 Å². The SMILES string of the molecule is COC(=O)c1c(NC(=O)/C=C/c2ccc([N+](=O)[O-])cc2)sc2c1CCC(C)C2. The van der Waals surface area contributed by atoms with Gasteiger partial charge in [-0.15, -0.1) is 11.3 Å². The summed E-state index contributed by atoms with van der Waals surface area (Å²) in [5.41, 5.74) is 2.08. The predicted molar refractivity (Wildman–Crippen MR) is 108 cm³/mol. The van der Waals surface area contributed by atoms with Crippen LogP contribution < -0.4 is 5.32 Å². The molecule has 0 aliphatic heterocycles. The number of amides is 1. The van der Waals surface area contributed by atoms with Gasteiger partial charge in [0, 0.05) is 23.1 Å². The van der Waals surface area contributed by atoms with Crippen molar-refractivity contribution in [2.45, 2.75) is 26.2 Å². The molecule has 1 aliphatic rings. The fourth-order valence-electron chi connectivity index (χ4n) is 3.19. The molecule has 28 heavy (non-hydrogen) atoms. The fourth-order valence-corrected chi connectivity index (χ4v) is 4.59. The fraction of sp³-hybridized carbons (Fsp3) is 0.300. The van der Waals surface area contributed by atoms with Gasteiger partial charge in [-0.3, -0.25) is 14.9 Å². The topological polar surface area (TPSA) is 98.5 Å². The van der Waals surface area contributed by atoms with Crippen LogP contribution in [0.4, 0.5) is 10.7 Å². The van der Waals surface area contributed by atoms with Crippen LogP contribution >= 0.6 is 11.3 Å². The first-order valence-electron chi connectivity index (χ1n) is 8.85. The second kappa shape index (κ2) is 8.35. The first kappa shape index (κ1) is 19.8. The molecule has 1 aromatic carbocycles. The molecule has 0 spiro atoms. The van der Waals surface area contributed by atoms with Crippen LogP contribution in [0.25, 0.3) is 6.08 Å². The second-order valence-corrected chi connectivity index (χ2v) is 7.82. The average molecular weight is 400 g/mol. The third-order valence-corrected chi connectivity index (χ3v) is 5.84. The maximum Gasteiger partial charge on any atom is 0.341 e. The molecular weight excluding hydrogens is 380 g/mol. The molecule has 0 radical (unpaired) electrons. The Morgan fingerprint density at radius 1 is 1.32 bits per heavy atom. The number of thiophene rings is 1. The lowest BCUT2D eigenvalue weighted by Gasteiger charge is -2.18. The quantitative estimate of drug-likeness (QED) is 0.351. The number of nitrogens with one attached hydrogen (secondary N) is 1. The third-order valence-electron chi connectivity index (χ3n) is 4.67. The van der Waals surface area contributed by atoms with Crippen molar-refractivity contribution in [1.29, 1.82) is 0 Å². The summed E-state index contributed by atoms with van der Waals surface area (Å²) in [6.45, 7) is 2.17. The van der Waals surface area contributed by atoms with Crippen molar-refractivity contribution in [2.24, 2.45) is 5.92 Å². The number of hydrogen-bond acceptors (Lipinski definition) is 6. The van der Waals surface area contributed by atoms with Gasteiger partial charge in [-0.25, -0.2) is 4.79 Å². The Morgan fingerprint density at radius 3 is 2.68 bits per heavy atom. The molecule has 1 aliphatic carbocycles. The molecule has 3 rings (SSSR count). The number of esters is 1. The number of anilines is 1. The number of nitro benzene ring substituents is 1. The summed E-state index contributed by atoms with van der Waals surface area (Å²) < 4.78 is 4.91. The van der Waals surface area contributed by atoms with E-state index in [1.54, 1.807) is 18.2 Å². The average Bonchev–Trinajstić information content (AvgIpc) is 3.02. The third kappa shape index (κ3) is 4.28. The van der Waals surface area contributed by atoms with E-state index in [4.69, 9.17) is 4.74 Å². The van der Waals surface area contributed by atoms with Gasteiger partial charge in [-0.1, -0.05) is 6.92 Å². The molecule has 0 saturated heterocycles. The molecule has 8 heteroatoms. The number of nitro groups is 1. The molecule has 146 valence electrons. The van der Waals surface area contributed by atoms with Gasteiger partial charge in [0.05, 0.1) is 17.6 Å². The van der Waals surface area contributed by atoms with Gasteiger partial charge in [0.15, 0.2) is 0 Å². The molecular formula is C20H20N2O5S. The lowest BCUT2D eigenvalue weighted by molar-refractivity contribution is -0.384. The first-order valence-corrected chi connectivity index (χ1v) is 9.67. The summed E-state index contributed by atoms with van der Waals surface area (Å²) in [4.78, 5) is 35.9. The highest BCUT2D eigenvalue weighted by Gasteiger charge is 2.28. The number of carbonyl (C=O) groups is 2. The minimum Gasteiger partial charge on any atom is -0.465 e. The summed E-state index contributed by atoms with van der Waals surface area (Å²) in [5.74, 6) is -0.279. The Balaban J connectivity index is 1.78. The lowest BCUT2D eigenvalue weighted by Crippen LogP contribution is -2.14. The van der Waals surface area contributed by atoms with E-state index in [1.807, 2.05) is 0 Å². The van der Waals surface area contributed by atoms with Crippen LogP contribution in [-0.2, 0) is 22.4 Å². The van der Waals surface area contributed by atoms with Gasteiger partial charge in [0.25, 0.3) is 5.69 Å². The number of benzene rings is 1.